The summed E-state index contributed by atoms with van der Waals surface area (Å²) in [7, 11) is -4.03. The SMILES string of the molecule is CCC[C@](C(=O)NN)(c1ccc(C)cc1[C@H](CC=Cc1ccccc1)C(=O)OC1CCCCO1)S(C)(=O)=O. The van der Waals surface area contributed by atoms with Crippen LogP contribution in [0.2, 0.25) is 0 Å². The van der Waals surface area contributed by atoms with Crippen molar-refractivity contribution < 1.29 is 27.5 Å². The molecule has 9 heteroatoms. The minimum Gasteiger partial charge on any atom is -0.435 e. The summed E-state index contributed by atoms with van der Waals surface area (Å²) in [6, 6.07) is 14.8. The molecule has 0 spiro atoms. The number of allylic oxidation sites excluding steroid dienone is 1. The number of carbonyl (C=O) groups excluding carboxylic acids is 2. The van der Waals surface area contributed by atoms with Crippen LogP contribution in [0.1, 0.15) is 73.6 Å². The van der Waals surface area contributed by atoms with Gasteiger partial charge in [0.15, 0.2) is 14.6 Å². The number of hydrogen-bond donors (Lipinski definition) is 2. The summed E-state index contributed by atoms with van der Waals surface area (Å²) in [5.74, 6) is 3.28. The fourth-order valence-corrected chi connectivity index (χ4v) is 6.56. The minimum absolute atomic E-state index is 0.00170. The summed E-state index contributed by atoms with van der Waals surface area (Å²) in [4.78, 5) is 26.9. The Morgan fingerprint density at radius 3 is 2.55 bits per heavy atom. The lowest BCUT2D eigenvalue weighted by molar-refractivity contribution is -0.188. The van der Waals surface area contributed by atoms with Gasteiger partial charge in [0.05, 0.1) is 12.5 Å². The largest absolute Gasteiger partial charge is 0.435 e. The number of nitrogens with one attached hydrogen (secondary N) is 1. The molecule has 1 unspecified atom stereocenters. The standard InChI is InChI=1S/C29H38N2O6S/c1-4-18-29(28(33)31-30,38(3,34)35)25-17-16-21(2)20-24(25)23(14-10-13-22-11-6-5-7-12-22)27(32)37-26-15-8-9-19-36-26/h5-7,10-13,16-17,20,23,26H,4,8-9,14-15,18-19,30H2,1-3H3,(H,31,33)/t23-,26?,29+/m0/s1. The van der Waals surface area contributed by atoms with E-state index in [4.69, 9.17) is 15.3 Å². The van der Waals surface area contributed by atoms with Gasteiger partial charge in [-0.2, -0.15) is 0 Å². The maximum atomic E-state index is 13.7. The predicted molar refractivity (Wildman–Crippen MR) is 147 cm³/mol. The fourth-order valence-electron chi connectivity index (χ4n) is 5.00. The average Bonchev–Trinajstić information content (AvgIpc) is 2.90. The first kappa shape index (κ1) is 29.5. The number of benzene rings is 2. The molecule has 1 amide bonds. The van der Waals surface area contributed by atoms with Gasteiger partial charge in [-0.1, -0.05) is 79.6 Å². The number of esters is 1. The van der Waals surface area contributed by atoms with Gasteiger partial charge < -0.3 is 9.47 Å². The lowest BCUT2D eigenvalue weighted by Crippen LogP contribution is -2.52. The summed E-state index contributed by atoms with van der Waals surface area (Å²) in [6.07, 6.45) is 7.14. The van der Waals surface area contributed by atoms with Gasteiger partial charge >= 0.3 is 5.97 Å². The maximum Gasteiger partial charge on any atom is 0.316 e. The lowest BCUT2D eigenvalue weighted by Gasteiger charge is -2.34. The molecule has 3 rings (SSSR count). The van der Waals surface area contributed by atoms with E-state index in [-0.39, 0.29) is 18.4 Å². The smallest absolute Gasteiger partial charge is 0.316 e. The Morgan fingerprint density at radius 2 is 1.95 bits per heavy atom. The Balaban J connectivity index is 2.15. The van der Waals surface area contributed by atoms with Gasteiger partial charge in [0.2, 0.25) is 6.29 Å². The predicted octanol–water partition coefficient (Wildman–Crippen LogP) is 4.28. The zero-order chi connectivity index (χ0) is 27.8. The molecule has 0 bridgehead atoms. The minimum atomic E-state index is -4.03. The number of carbonyl (C=O) groups is 2. The van der Waals surface area contributed by atoms with E-state index < -0.39 is 38.7 Å². The highest BCUT2D eigenvalue weighted by Gasteiger charge is 2.51. The second-order valence-electron chi connectivity index (χ2n) is 9.75. The van der Waals surface area contributed by atoms with Crippen LogP contribution in [-0.4, -0.2) is 39.4 Å². The molecule has 1 saturated heterocycles. The molecule has 0 saturated carbocycles. The van der Waals surface area contributed by atoms with Crippen LogP contribution in [0.25, 0.3) is 6.08 Å². The Hall–Kier alpha value is -3.01. The Bertz CT molecular complexity index is 1240. The number of nitrogens with two attached hydrogens (primary N) is 1. The van der Waals surface area contributed by atoms with E-state index in [1.54, 1.807) is 25.1 Å². The molecule has 2 aromatic rings. The van der Waals surface area contributed by atoms with Crippen LogP contribution in [0.3, 0.4) is 0 Å². The fraction of sp³-hybridized carbons (Fsp3) is 0.448. The first-order valence-corrected chi connectivity index (χ1v) is 14.9. The number of hydrazine groups is 1. The monoisotopic (exact) mass is 542 g/mol. The number of amides is 1. The molecule has 38 heavy (non-hydrogen) atoms. The Morgan fingerprint density at radius 1 is 1.21 bits per heavy atom. The lowest BCUT2D eigenvalue weighted by atomic mass is 9.82. The molecule has 0 aliphatic carbocycles. The van der Waals surface area contributed by atoms with Crippen molar-refractivity contribution in [2.75, 3.05) is 12.9 Å². The Labute approximate surface area is 225 Å². The molecule has 1 heterocycles. The molecule has 3 N–H and O–H groups in total. The summed E-state index contributed by atoms with van der Waals surface area (Å²) in [5, 5.41) is 0. The van der Waals surface area contributed by atoms with E-state index in [0.717, 1.165) is 30.2 Å². The van der Waals surface area contributed by atoms with E-state index in [1.807, 2.05) is 49.4 Å². The van der Waals surface area contributed by atoms with E-state index in [0.29, 0.717) is 25.0 Å². The first-order valence-electron chi connectivity index (χ1n) is 13.0. The van der Waals surface area contributed by atoms with Crippen molar-refractivity contribution in [3.8, 4) is 0 Å². The topological polar surface area (TPSA) is 125 Å². The summed E-state index contributed by atoms with van der Waals surface area (Å²) in [5.41, 5.74) is 4.49. The number of ether oxygens (including phenoxy) is 2. The molecule has 1 aliphatic heterocycles. The van der Waals surface area contributed by atoms with Gasteiger partial charge in [-0.05, 0) is 49.3 Å². The van der Waals surface area contributed by atoms with Crippen molar-refractivity contribution in [1.29, 1.82) is 0 Å². The number of rotatable bonds is 11. The van der Waals surface area contributed by atoms with E-state index in [9.17, 15) is 18.0 Å². The van der Waals surface area contributed by atoms with Crippen LogP contribution >= 0.6 is 0 Å². The van der Waals surface area contributed by atoms with Gasteiger partial charge in [-0.15, -0.1) is 0 Å². The summed E-state index contributed by atoms with van der Waals surface area (Å²) < 4.78 is 36.1. The van der Waals surface area contributed by atoms with Crippen LogP contribution in [0.4, 0.5) is 0 Å². The quantitative estimate of drug-likeness (QED) is 0.188. The van der Waals surface area contributed by atoms with Crippen molar-refractivity contribution in [3.05, 3.63) is 76.9 Å². The number of sulfone groups is 1. The number of hydrogen-bond acceptors (Lipinski definition) is 7. The van der Waals surface area contributed by atoms with E-state index in [1.165, 1.54) is 0 Å². The summed E-state index contributed by atoms with van der Waals surface area (Å²) in [6.45, 7) is 4.16. The van der Waals surface area contributed by atoms with Gasteiger partial charge in [0, 0.05) is 12.7 Å². The second kappa shape index (κ2) is 13.2. The zero-order valence-electron chi connectivity index (χ0n) is 22.3. The third-order valence-electron chi connectivity index (χ3n) is 6.90. The van der Waals surface area contributed by atoms with Crippen molar-refractivity contribution in [2.45, 2.75) is 69.3 Å². The van der Waals surface area contributed by atoms with Crippen LogP contribution in [-0.2, 0) is 33.6 Å². The van der Waals surface area contributed by atoms with E-state index in [2.05, 4.69) is 5.43 Å². The van der Waals surface area contributed by atoms with Gasteiger partial charge in [0.1, 0.15) is 0 Å². The van der Waals surface area contributed by atoms with Crippen molar-refractivity contribution >= 4 is 27.8 Å². The molecule has 3 atom stereocenters. The van der Waals surface area contributed by atoms with Crippen LogP contribution in [0.5, 0.6) is 0 Å². The highest BCUT2D eigenvalue weighted by atomic mass is 32.2. The molecule has 2 aromatic carbocycles. The molecule has 0 radical (unpaired) electrons. The van der Waals surface area contributed by atoms with Gasteiger partial charge in [0.25, 0.3) is 5.91 Å². The van der Waals surface area contributed by atoms with Gasteiger partial charge in [-0.25, -0.2) is 14.3 Å². The second-order valence-corrected chi connectivity index (χ2v) is 12.0. The maximum absolute atomic E-state index is 13.7. The molecule has 8 nitrogen and oxygen atoms in total. The van der Waals surface area contributed by atoms with Gasteiger partial charge in [-0.3, -0.25) is 15.0 Å². The van der Waals surface area contributed by atoms with Crippen LogP contribution in [0.15, 0.2) is 54.6 Å². The molecule has 206 valence electrons. The molecular weight excluding hydrogens is 504 g/mol. The van der Waals surface area contributed by atoms with Crippen molar-refractivity contribution in [1.82, 2.24) is 5.43 Å². The average molecular weight is 543 g/mol. The molecule has 1 aliphatic rings. The third kappa shape index (κ3) is 6.70. The zero-order valence-corrected chi connectivity index (χ0v) is 23.1. The van der Waals surface area contributed by atoms with Crippen molar-refractivity contribution in [2.24, 2.45) is 5.84 Å². The molecule has 0 aromatic heterocycles. The Kier molecular flexibility index (Phi) is 10.2. The highest BCUT2D eigenvalue weighted by Crippen LogP contribution is 2.41. The number of aryl methyl sites for hydroxylation is 1. The van der Waals surface area contributed by atoms with E-state index >= 15 is 0 Å². The molecular formula is C29H38N2O6S. The van der Waals surface area contributed by atoms with Crippen molar-refractivity contribution in [3.63, 3.8) is 0 Å². The summed E-state index contributed by atoms with van der Waals surface area (Å²) >= 11 is 0. The molecule has 1 fully saturated rings. The normalized spacial score (nSPS) is 18.5. The third-order valence-corrected chi connectivity index (χ3v) is 8.78. The highest BCUT2D eigenvalue weighted by molar-refractivity contribution is 7.92. The van der Waals surface area contributed by atoms with Crippen LogP contribution < -0.4 is 11.3 Å². The van der Waals surface area contributed by atoms with Crippen LogP contribution in [0, 0.1) is 6.92 Å². The first-order chi connectivity index (χ1) is 18.1.